The average molecular weight is 300 g/mol. The second-order valence-electron chi connectivity index (χ2n) is 4.47. The van der Waals surface area contributed by atoms with E-state index in [4.69, 9.17) is 10.8 Å². The van der Waals surface area contributed by atoms with E-state index in [1.165, 1.54) is 16.4 Å². The van der Waals surface area contributed by atoms with Crippen molar-refractivity contribution in [1.29, 1.82) is 0 Å². The highest BCUT2D eigenvalue weighted by atomic mass is 32.2. The van der Waals surface area contributed by atoms with Gasteiger partial charge in [-0.25, -0.2) is 8.42 Å². The molecule has 0 saturated carbocycles. The molecular formula is C13H20N2O4S. The zero-order valence-corrected chi connectivity index (χ0v) is 12.5. The Hall–Kier alpha value is -1.44. The smallest absolute Gasteiger partial charge is 0.249 e. The Labute approximate surface area is 119 Å². The topological polar surface area (TPSA) is 101 Å². The van der Waals surface area contributed by atoms with Crippen molar-refractivity contribution in [3.63, 3.8) is 0 Å². The summed E-state index contributed by atoms with van der Waals surface area (Å²) in [4.78, 5) is 11.3. The summed E-state index contributed by atoms with van der Waals surface area (Å²) in [6.07, 6.45) is 0.633. The van der Waals surface area contributed by atoms with E-state index in [2.05, 4.69) is 0 Å². The van der Waals surface area contributed by atoms with Gasteiger partial charge in [0.25, 0.3) is 0 Å². The Balaban J connectivity index is 3.26. The molecule has 0 heterocycles. The van der Waals surface area contributed by atoms with E-state index in [0.717, 1.165) is 0 Å². The van der Waals surface area contributed by atoms with Gasteiger partial charge < -0.3 is 10.8 Å². The molecule has 0 aromatic heterocycles. The third-order valence-corrected chi connectivity index (χ3v) is 4.83. The fourth-order valence-corrected chi connectivity index (χ4v) is 3.44. The maximum Gasteiger partial charge on any atom is 0.249 e. The van der Waals surface area contributed by atoms with Crippen LogP contribution < -0.4 is 5.73 Å². The Morgan fingerprint density at radius 2 is 2.00 bits per heavy atom. The number of aliphatic hydroxyl groups is 1. The first-order valence-corrected chi connectivity index (χ1v) is 7.80. The van der Waals surface area contributed by atoms with Crippen molar-refractivity contribution < 1.29 is 18.3 Å². The summed E-state index contributed by atoms with van der Waals surface area (Å²) >= 11 is 0. The van der Waals surface area contributed by atoms with Crippen LogP contribution >= 0.6 is 0 Å². The molecule has 6 nitrogen and oxygen atoms in total. The van der Waals surface area contributed by atoms with Gasteiger partial charge in [0.1, 0.15) is 0 Å². The molecule has 0 bridgehead atoms. The Morgan fingerprint density at radius 1 is 1.35 bits per heavy atom. The average Bonchev–Trinajstić information content (AvgIpc) is 2.38. The van der Waals surface area contributed by atoms with Crippen LogP contribution in [0.1, 0.15) is 29.3 Å². The van der Waals surface area contributed by atoms with Gasteiger partial charge in [-0.3, -0.25) is 4.79 Å². The van der Waals surface area contributed by atoms with Crippen LogP contribution in [0, 0.1) is 6.92 Å². The van der Waals surface area contributed by atoms with Crippen LogP contribution in [-0.2, 0) is 10.0 Å². The molecule has 0 atom stereocenters. The van der Waals surface area contributed by atoms with E-state index in [1.807, 2.05) is 6.92 Å². The van der Waals surface area contributed by atoms with Gasteiger partial charge in [-0.2, -0.15) is 4.31 Å². The number of primary amides is 1. The van der Waals surface area contributed by atoms with Gasteiger partial charge in [-0.15, -0.1) is 0 Å². The van der Waals surface area contributed by atoms with Crippen molar-refractivity contribution in [2.24, 2.45) is 5.73 Å². The number of benzene rings is 1. The Bertz CT molecular complexity index is 578. The molecule has 0 spiro atoms. The van der Waals surface area contributed by atoms with Gasteiger partial charge in [0.2, 0.25) is 15.9 Å². The molecule has 7 heteroatoms. The van der Waals surface area contributed by atoms with E-state index in [-0.39, 0.29) is 23.6 Å². The third kappa shape index (κ3) is 3.56. The second kappa shape index (κ2) is 6.83. The largest absolute Gasteiger partial charge is 0.395 e. The molecule has 1 aromatic rings. The van der Waals surface area contributed by atoms with Crippen LogP contribution in [0.5, 0.6) is 0 Å². The molecule has 112 valence electrons. The molecule has 0 unspecified atom stereocenters. The lowest BCUT2D eigenvalue weighted by Crippen LogP contribution is -2.34. The molecule has 0 aliphatic rings. The van der Waals surface area contributed by atoms with Gasteiger partial charge in [0.05, 0.1) is 11.5 Å². The molecular weight excluding hydrogens is 280 g/mol. The maximum absolute atomic E-state index is 12.5. The monoisotopic (exact) mass is 300 g/mol. The molecule has 1 aromatic carbocycles. The highest BCUT2D eigenvalue weighted by Gasteiger charge is 2.24. The molecule has 20 heavy (non-hydrogen) atoms. The summed E-state index contributed by atoms with van der Waals surface area (Å²) < 4.78 is 26.1. The van der Waals surface area contributed by atoms with Crippen LogP contribution in [0.4, 0.5) is 0 Å². The van der Waals surface area contributed by atoms with Crippen molar-refractivity contribution in [3.8, 4) is 0 Å². The molecule has 0 radical (unpaired) electrons. The molecule has 0 aliphatic heterocycles. The summed E-state index contributed by atoms with van der Waals surface area (Å²) in [6, 6.07) is 4.28. The van der Waals surface area contributed by atoms with E-state index in [0.29, 0.717) is 18.5 Å². The van der Waals surface area contributed by atoms with Crippen molar-refractivity contribution in [2.45, 2.75) is 25.2 Å². The summed E-state index contributed by atoms with van der Waals surface area (Å²) in [5.41, 5.74) is 6.05. The number of carbonyl (C=O) groups excluding carboxylic acids is 1. The number of nitrogens with zero attached hydrogens (tertiary/aromatic N) is 1. The molecule has 0 aliphatic carbocycles. The lowest BCUT2D eigenvalue weighted by atomic mass is 10.1. The minimum Gasteiger partial charge on any atom is -0.395 e. The summed E-state index contributed by atoms with van der Waals surface area (Å²) in [7, 11) is -3.73. The van der Waals surface area contributed by atoms with Crippen molar-refractivity contribution in [1.82, 2.24) is 4.31 Å². The second-order valence-corrected chi connectivity index (χ2v) is 6.41. The van der Waals surface area contributed by atoms with Crippen molar-refractivity contribution in [2.75, 3.05) is 19.7 Å². The van der Waals surface area contributed by atoms with Crippen LogP contribution in [0.3, 0.4) is 0 Å². The van der Waals surface area contributed by atoms with Gasteiger partial charge in [0.15, 0.2) is 0 Å². The number of aliphatic hydroxyl groups excluding tert-OH is 1. The normalized spacial score (nSPS) is 11.8. The number of aryl methyl sites for hydroxylation is 1. The Morgan fingerprint density at radius 3 is 2.50 bits per heavy atom. The first kappa shape index (κ1) is 16.6. The van der Waals surface area contributed by atoms with Crippen LogP contribution in [0.15, 0.2) is 23.1 Å². The minimum atomic E-state index is -3.73. The summed E-state index contributed by atoms with van der Waals surface area (Å²) in [6.45, 7) is 3.62. The van der Waals surface area contributed by atoms with Gasteiger partial charge in [0, 0.05) is 18.7 Å². The van der Waals surface area contributed by atoms with Crippen LogP contribution in [0.25, 0.3) is 0 Å². The Kier molecular flexibility index (Phi) is 5.67. The van der Waals surface area contributed by atoms with Crippen LogP contribution in [0.2, 0.25) is 0 Å². The highest BCUT2D eigenvalue weighted by molar-refractivity contribution is 7.89. The molecule has 0 saturated heterocycles. The molecule has 1 amide bonds. The van der Waals surface area contributed by atoms with Crippen molar-refractivity contribution in [3.05, 3.63) is 29.3 Å². The molecule has 0 fully saturated rings. The third-order valence-electron chi connectivity index (χ3n) is 2.93. The van der Waals surface area contributed by atoms with Crippen molar-refractivity contribution >= 4 is 15.9 Å². The number of hydrogen-bond acceptors (Lipinski definition) is 4. The number of amides is 1. The lowest BCUT2D eigenvalue weighted by molar-refractivity contribution is 0.0999. The maximum atomic E-state index is 12.5. The minimum absolute atomic E-state index is 0.0128. The zero-order chi connectivity index (χ0) is 15.3. The zero-order valence-electron chi connectivity index (χ0n) is 11.7. The van der Waals surface area contributed by atoms with Crippen LogP contribution in [-0.4, -0.2) is 43.4 Å². The number of sulfonamides is 1. The van der Waals surface area contributed by atoms with Gasteiger partial charge in [-0.1, -0.05) is 13.0 Å². The lowest BCUT2D eigenvalue weighted by Gasteiger charge is -2.21. The molecule has 1 rings (SSSR count). The van der Waals surface area contributed by atoms with Gasteiger partial charge in [-0.05, 0) is 31.0 Å². The number of hydrogen-bond donors (Lipinski definition) is 2. The number of rotatable bonds is 7. The number of nitrogens with two attached hydrogens (primary N) is 1. The van der Waals surface area contributed by atoms with E-state index < -0.39 is 15.9 Å². The van der Waals surface area contributed by atoms with Gasteiger partial charge >= 0.3 is 0 Å². The fraction of sp³-hybridized carbons (Fsp3) is 0.462. The van der Waals surface area contributed by atoms with E-state index >= 15 is 0 Å². The first-order valence-electron chi connectivity index (χ1n) is 6.36. The van der Waals surface area contributed by atoms with E-state index in [9.17, 15) is 13.2 Å². The fourth-order valence-electron chi connectivity index (χ4n) is 1.89. The summed E-state index contributed by atoms with van der Waals surface area (Å²) in [5, 5.41) is 8.98. The SMILES string of the molecule is CCCN(CCO)S(=O)(=O)c1ccc(C)c(C(N)=O)c1. The predicted octanol–water partition coefficient (Wildman–Crippen LogP) is 0.487. The summed E-state index contributed by atoms with van der Waals surface area (Å²) in [5.74, 6) is -0.663. The quantitative estimate of drug-likeness (QED) is 0.765. The van der Waals surface area contributed by atoms with E-state index in [1.54, 1.807) is 13.0 Å². The number of carbonyl (C=O) groups is 1. The predicted molar refractivity (Wildman–Crippen MR) is 75.8 cm³/mol. The highest BCUT2D eigenvalue weighted by Crippen LogP contribution is 2.19. The first-order chi connectivity index (χ1) is 9.34. The standard InChI is InChI=1S/C13H20N2O4S/c1-3-6-15(7-8-16)20(18,19)11-5-4-10(2)12(9-11)13(14)17/h4-5,9,16H,3,6-8H2,1-2H3,(H2,14,17). The molecule has 3 N–H and O–H groups in total.